The van der Waals surface area contributed by atoms with Crippen molar-refractivity contribution in [2.75, 3.05) is 5.32 Å². The highest BCUT2D eigenvalue weighted by atomic mass is 32.1. The summed E-state index contributed by atoms with van der Waals surface area (Å²) in [5.41, 5.74) is 1.21. The van der Waals surface area contributed by atoms with Gasteiger partial charge in [0.2, 0.25) is 0 Å². The SMILES string of the molecule is OC1CCC(Nc2ccc3sccc3c2)CC1. The summed E-state index contributed by atoms with van der Waals surface area (Å²) in [5.74, 6) is 0. The van der Waals surface area contributed by atoms with E-state index in [1.54, 1.807) is 11.3 Å². The van der Waals surface area contributed by atoms with Crippen LogP contribution >= 0.6 is 11.3 Å². The molecule has 2 nitrogen and oxygen atoms in total. The third-order valence-electron chi connectivity index (χ3n) is 3.52. The minimum atomic E-state index is -0.0765. The topological polar surface area (TPSA) is 32.3 Å². The smallest absolute Gasteiger partial charge is 0.0541 e. The minimum absolute atomic E-state index is 0.0765. The third-order valence-corrected chi connectivity index (χ3v) is 4.42. The average Bonchev–Trinajstić information content (AvgIpc) is 2.79. The quantitative estimate of drug-likeness (QED) is 0.849. The van der Waals surface area contributed by atoms with Gasteiger partial charge in [-0.2, -0.15) is 0 Å². The van der Waals surface area contributed by atoms with Gasteiger partial charge in [0, 0.05) is 16.4 Å². The molecule has 0 saturated heterocycles. The van der Waals surface area contributed by atoms with Crippen molar-refractivity contribution in [3.8, 4) is 0 Å². The Morgan fingerprint density at radius 1 is 1.12 bits per heavy atom. The zero-order valence-corrected chi connectivity index (χ0v) is 10.5. The van der Waals surface area contributed by atoms with Crippen LogP contribution in [-0.2, 0) is 0 Å². The van der Waals surface area contributed by atoms with E-state index in [4.69, 9.17) is 0 Å². The van der Waals surface area contributed by atoms with E-state index in [0.717, 1.165) is 25.7 Å². The fourth-order valence-corrected chi connectivity index (χ4v) is 3.28. The summed E-state index contributed by atoms with van der Waals surface area (Å²) >= 11 is 1.78. The predicted molar refractivity (Wildman–Crippen MR) is 73.7 cm³/mol. The maximum Gasteiger partial charge on any atom is 0.0541 e. The van der Waals surface area contributed by atoms with E-state index in [2.05, 4.69) is 35.0 Å². The number of rotatable bonds is 2. The number of aliphatic hydroxyl groups is 1. The third kappa shape index (κ3) is 2.45. The average molecular weight is 247 g/mol. The minimum Gasteiger partial charge on any atom is -0.393 e. The fourth-order valence-electron chi connectivity index (χ4n) is 2.51. The summed E-state index contributed by atoms with van der Waals surface area (Å²) < 4.78 is 1.34. The molecule has 0 bridgehead atoms. The molecule has 0 unspecified atom stereocenters. The molecule has 0 spiro atoms. The number of anilines is 1. The van der Waals surface area contributed by atoms with Crippen molar-refractivity contribution in [2.45, 2.75) is 37.8 Å². The van der Waals surface area contributed by atoms with Crippen molar-refractivity contribution in [3.05, 3.63) is 29.6 Å². The summed E-state index contributed by atoms with van der Waals surface area (Å²) in [6.07, 6.45) is 3.93. The Kier molecular flexibility index (Phi) is 3.04. The molecule has 1 aromatic carbocycles. The predicted octanol–water partition coefficient (Wildman–Crippen LogP) is 3.62. The molecule has 2 N–H and O–H groups in total. The Morgan fingerprint density at radius 3 is 2.76 bits per heavy atom. The second-order valence-corrected chi connectivity index (χ2v) is 5.77. The highest BCUT2D eigenvalue weighted by molar-refractivity contribution is 7.17. The van der Waals surface area contributed by atoms with Gasteiger partial charge in [0.15, 0.2) is 0 Å². The lowest BCUT2D eigenvalue weighted by molar-refractivity contribution is 0.126. The Hall–Kier alpha value is -1.06. The number of fused-ring (bicyclic) bond motifs is 1. The summed E-state index contributed by atoms with van der Waals surface area (Å²) in [7, 11) is 0. The van der Waals surface area contributed by atoms with Gasteiger partial charge in [0.05, 0.1) is 6.10 Å². The van der Waals surface area contributed by atoms with E-state index in [-0.39, 0.29) is 6.10 Å². The standard InChI is InChI=1S/C14H17NOS/c16-13-4-1-11(2-5-13)15-12-3-6-14-10(9-12)7-8-17-14/h3,6-9,11,13,15-16H,1-2,4-5H2. The van der Waals surface area contributed by atoms with Crippen molar-refractivity contribution >= 4 is 27.1 Å². The monoisotopic (exact) mass is 247 g/mol. The largest absolute Gasteiger partial charge is 0.393 e. The van der Waals surface area contributed by atoms with Crippen LogP contribution in [-0.4, -0.2) is 17.3 Å². The van der Waals surface area contributed by atoms with Crippen molar-refractivity contribution in [1.29, 1.82) is 0 Å². The van der Waals surface area contributed by atoms with Gasteiger partial charge >= 0.3 is 0 Å². The molecule has 1 saturated carbocycles. The van der Waals surface area contributed by atoms with Crippen molar-refractivity contribution in [3.63, 3.8) is 0 Å². The molecule has 0 atom stereocenters. The van der Waals surface area contributed by atoms with Gasteiger partial charge in [-0.15, -0.1) is 11.3 Å². The number of thiophene rings is 1. The molecular formula is C14H17NOS. The van der Waals surface area contributed by atoms with Crippen LogP contribution in [0.1, 0.15) is 25.7 Å². The molecule has 1 aliphatic rings. The maximum absolute atomic E-state index is 9.48. The van der Waals surface area contributed by atoms with Crippen molar-refractivity contribution < 1.29 is 5.11 Å². The van der Waals surface area contributed by atoms with Crippen LogP contribution in [0.5, 0.6) is 0 Å². The highest BCUT2D eigenvalue weighted by Gasteiger charge is 2.18. The van der Waals surface area contributed by atoms with Crippen LogP contribution < -0.4 is 5.32 Å². The van der Waals surface area contributed by atoms with Gasteiger partial charge < -0.3 is 10.4 Å². The molecule has 1 fully saturated rings. The molecular weight excluding hydrogens is 230 g/mol. The summed E-state index contributed by atoms with van der Waals surface area (Å²) in [6.45, 7) is 0. The number of benzene rings is 1. The molecule has 0 radical (unpaired) electrons. The summed E-state index contributed by atoms with van der Waals surface area (Å²) in [5, 5.41) is 16.5. The van der Waals surface area contributed by atoms with Crippen LogP contribution in [0.25, 0.3) is 10.1 Å². The van der Waals surface area contributed by atoms with Crippen LogP contribution in [0.4, 0.5) is 5.69 Å². The molecule has 1 heterocycles. The van der Waals surface area contributed by atoms with Crippen LogP contribution in [0, 0.1) is 0 Å². The van der Waals surface area contributed by atoms with E-state index in [1.165, 1.54) is 15.8 Å². The fraction of sp³-hybridized carbons (Fsp3) is 0.429. The Balaban J connectivity index is 1.71. The number of nitrogens with one attached hydrogen (secondary N) is 1. The molecule has 0 aliphatic heterocycles. The second-order valence-electron chi connectivity index (χ2n) is 4.82. The van der Waals surface area contributed by atoms with E-state index in [0.29, 0.717) is 6.04 Å². The molecule has 90 valence electrons. The van der Waals surface area contributed by atoms with Crippen LogP contribution in [0.3, 0.4) is 0 Å². The lowest BCUT2D eigenvalue weighted by Crippen LogP contribution is -2.28. The first-order valence-corrected chi connectivity index (χ1v) is 7.11. The number of hydrogen-bond acceptors (Lipinski definition) is 3. The molecule has 1 aromatic heterocycles. The molecule has 0 amide bonds. The second kappa shape index (κ2) is 4.67. The Labute approximate surface area is 105 Å². The maximum atomic E-state index is 9.48. The van der Waals surface area contributed by atoms with Crippen LogP contribution in [0.2, 0.25) is 0 Å². The van der Waals surface area contributed by atoms with Crippen molar-refractivity contribution in [2.24, 2.45) is 0 Å². The van der Waals surface area contributed by atoms with Crippen LogP contribution in [0.15, 0.2) is 29.6 Å². The zero-order chi connectivity index (χ0) is 11.7. The highest BCUT2D eigenvalue weighted by Crippen LogP contribution is 2.26. The van der Waals surface area contributed by atoms with Gasteiger partial charge in [-0.1, -0.05) is 0 Å². The van der Waals surface area contributed by atoms with Gasteiger partial charge in [-0.3, -0.25) is 0 Å². The molecule has 1 aliphatic carbocycles. The number of aliphatic hydroxyl groups excluding tert-OH is 1. The summed E-state index contributed by atoms with van der Waals surface area (Å²) in [6, 6.07) is 9.24. The first-order chi connectivity index (χ1) is 8.31. The van der Waals surface area contributed by atoms with Crippen molar-refractivity contribution in [1.82, 2.24) is 0 Å². The van der Waals surface area contributed by atoms with E-state index < -0.39 is 0 Å². The number of hydrogen-bond donors (Lipinski definition) is 2. The Morgan fingerprint density at radius 2 is 1.94 bits per heavy atom. The normalized spacial score (nSPS) is 25.0. The van der Waals surface area contributed by atoms with Gasteiger partial charge in [0.1, 0.15) is 0 Å². The molecule has 3 rings (SSSR count). The molecule has 3 heteroatoms. The first kappa shape index (κ1) is 11.1. The molecule has 17 heavy (non-hydrogen) atoms. The van der Waals surface area contributed by atoms with Gasteiger partial charge in [-0.25, -0.2) is 0 Å². The lowest BCUT2D eigenvalue weighted by atomic mass is 9.93. The first-order valence-electron chi connectivity index (χ1n) is 6.23. The molecule has 2 aromatic rings. The lowest BCUT2D eigenvalue weighted by Gasteiger charge is -2.27. The van der Waals surface area contributed by atoms with E-state index in [9.17, 15) is 5.11 Å². The van der Waals surface area contributed by atoms with Gasteiger partial charge in [0.25, 0.3) is 0 Å². The zero-order valence-electron chi connectivity index (χ0n) is 9.73. The van der Waals surface area contributed by atoms with Gasteiger partial charge in [-0.05, 0) is 60.7 Å². The van der Waals surface area contributed by atoms with E-state index >= 15 is 0 Å². The van der Waals surface area contributed by atoms with E-state index in [1.807, 2.05) is 0 Å². The summed E-state index contributed by atoms with van der Waals surface area (Å²) in [4.78, 5) is 0. The Bertz CT molecular complexity index is 500.